The van der Waals surface area contributed by atoms with Crippen molar-refractivity contribution in [3.05, 3.63) is 70.8 Å². The average molecular weight is 428 g/mol. The Morgan fingerprint density at radius 2 is 1.36 bits per heavy atom. The molecule has 8 heteroatoms. The van der Waals surface area contributed by atoms with Crippen molar-refractivity contribution >= 4 is 11.6 Å². The number of rotatable bonds is 2. The van der Waals surface area contributed by atoms with Crippen LogP contribution in [-0.2, 0) is 26.4 Å². The Morgan fingerprint density at radius 1 is 0.800 bits per heavy atom. The molecule has 0 amide bonds. The first-order chi connectivity index (χ1) is 10.7. The van der Waals surface area contributed by atoms with E-state index in [4.69, 9.17) is 0 Å². The number of fused-ring (bicyclic) bond motifs is 1. The molecule has 0 spiro atoms. The minimum Gasteiger partial charge on any atom is -1.00 e. The molecule has 0 N–H and O–H groups in total. The molecule has 1 aliphatic carbocycles. The Hall–Kier alpha value is -0.876. The third-order valence-electron chi connectivity index (χ3n) is 3.86. The largest absolute Gasteiger partial charge is 1.00 e. The van der Waals surface area contributed by atoms with Crippen LogP contribution in [0.4, 0.5) is 22.0 Å². The van der Waals surface area contributed by atoms with Crippen LogP contribution < -0.4 is 24.8 Å². The third kappa shape index (κ3) is 3.80. The minimum atomic E-state index is -5.63. The molecule has 0 heterocycles. The van der Waals surface area contributed by atoms with Crippen molar-refractivity contribution in [3.8, 4) is 0 Å². The van der Waals surface area contributed by atoms with Crippen molar-refractivity contribution in [1.82, 2.24) is 0 Å². The topological polar surface area (TPSA) is 0 Å². The summed E-state index contributed by atoms with van der Waals surface area (Å²) < 4.78 is 65.9. The second-order valence-corrected chi connectivity index (χ2v) is 6.18. The minimum absolute atomic E-state index is 0. The van der Waals surface area contributed by atoms with Crippen molar-refractivity contribution in [2.24, 2.45) is 0 Å². The van der Waals surface area contributed by atoms with Crippen LogP contribution in [0.25, 0.3) is 11.6 Å². The Balaban J connectivity index is 0.00000156. The molecule has 0 saturated carbocycles. The number of hydrogen-bond donors (Lipinski definition) is 0. The van der Waals surface area contributed by atoms with E-state index in [1.165, 1.54) is 18.2 Å². The van der Waals surface area contributed by atoms with E-state index in [1.54, 1.807) is 32.6 Å². The van der Waals surface area contributed by atoms with Gasteiger partial charge in [-0.05, 0) is 0 Å². The van der Waals surface area contributed by atoms with Gasteiger partial charge in [0.15, 0.2) is 0 Å². The summed E-state index contributed by atoms with van der Waals surface area (Å²) in [5.41, 5.74) is 1.19. The van der Waals surface area contributed by atoms with Crippen molar-refractivity contribution < 1.29 is 67.2 Å². The molecule has 0 nitrogen and oxygen atoms in total. The molecular weight excluding hydrogens is 418 g/mol. The second kappa shape index (κ2) is 7.79. The zero-order valence-corrected chi connectivity index (χ0v) is 15.5. The summed E-state index contributed by atoms with van der Waals surface area (Å²) in [5.74, 6) is -4.89. The summed E-state index contributed by atoms with van der Waals surface area (Å²) >= 11 is 1.81. The number of benzene rings is 2. The van der Waals surface area contributed by atoms with E-state index in [1.807, 2.05) is 18.2 Å². The summed E-state index contributed by atoms with van der Waals surface area (Å²) in [6, 6.07) is 12.1. The Kier molecular flexibility index (Phi) is 6.90. The van der Waals surface area contributed by atoms with E-state index in [2.05, 4.69) is 0 Å². The maximum absolute atomic E-state index is 13.9. The average Bonchev–Trinajstić information content (AvgIpc) is 2.84. The standard InChI is InChI=1S/C17H10F5.2ClH.Ti/c18-16(19,17(20,21)22)15-8-4-3-7-14(15)13-9-11-5-1-2-6-12(11)10-13;;;/h1-10H;2*1H;/q;;;+2/p-2. The van der Waals surface area contributed by atoms with Crippen LogP contribution in [0.2, 0.25) is 0 Å². The Labute approximate surface area is 165 Å². The SMILES string of the molecule is FC(F)(F)C(F)(F)c1ccccc1C1=Cc2ccccc2[CH]1[Ti+2].[Cl-].[Cl-]. The smallest absolute Gasteiger partial charge is 1.00 e. The van der Waals surface area contributed by atoms with Crippen LogP contribution in [0, 0.1) is 0 Å². The summed E-state index contributed by atoms with van der Waals surface area (Å²) in [6.07, 6.45) is -3.94. The molecule has 1 unspecified atom stereocenters. The van der Waals surface area contributed by atoms with Gasteiger partial charge in [0.05, 0.1) is 0 Å². The maximum atomic E-state index is 13.9. The first-order valence-corrected chi connectivity index (χ1v) is 7.69. The molecule has 2 aromatic carbocycles. The summed E-state index contributed by atoms with van der Waals surface area (Å²) in [7, 11) is 0. The zero-order chi connectivity index (χ0) is 16.8. The molecule has 131 valence electrons. The molecule has 1 atom stereocenters. The van der Waals surface area contributed by atoms with Crippen LogP contribution >= 0.6 is 0 Å². The summed E-state index contributed by atoms with van der Waals surface area (Å²) in [5, 5.41) is 0. The quantitative estimate of drug-likeness (QED) is 0.447. The molecule has 0 saturated heterocycles. The zero-order valence-electron chi connectivity index (χ0n) is 12.4. The van der Waals surface area contributed by atoms with Crippen LogP contribution in [-0.4, -0.2) is 6.18 Å². The van der Waals surface area contributed by atoms with Crippen LogP contribution in [0.15, 0.2) is 48.5 Å². The van der Waals surface area contributed by atoms with Gasteiger partial charge in [0.2, 0.25) is 0 Å². The maximum Gasteiger partial charge on any atom is -1.00 e. The van der Waals surface area contributed by atoms with E-state index in [-0.39, 0.29) is 34.6 Å². The molecular formula is C17H10Cl2F5Ti. The molecule has 1 aliphatic rings. The Morgan fingerprint density at radius 3 is 1.96 bits per heavy atom. The van der Waals surface area contributed by atoms with E-state index < -0.39 is 17.7 Å². The molecule has 0 bridgehead atoms. The van der Waals surface area contributed by atoms with Crippen molar-refractivity contribution in [2.45, 2.75) is 16.3 Å². The van der Waals surface area contributed by atoms with Crippen LogP contribution in [0.3, 0.4) is 0 Å². The van der Waals surface area contributed by atoms with E-state index in [9.17, 15) is 22.0 Å². The summed E-state index contributed by atoms with van der Waals surface area (Å²) in [4.78, 5) is 0. The van der Waals surface area contributed by atoms with Gasteiger partial charge >= 0.3 is 141 Å². The molecule has 2 aromatic rings. The van der Waals surface area contributed by atoms with E-state index in [0.717, 1.165) is 17.2 Å². The molecule has 0 aromatic heterocycles. The van der Waals surface area contributed by atoms with Crippen molar-refractivity contribution in [3.63, 3.8) is 0 Å². The van der Waals surface area contributed by atoms with E-state index >= 15 is 0 Å². The van der Waals surface area contributed by atoms with Gasteiger partial charge in [0, 0.05) is 0 Å². The Bertz CT molecular complexity index is 787. The molecule has 25 heavy (non-hydrogen) atoms. The monoisotopic (exact) mass is 427 g/mol. The van der Waals surface area contributed by atoms with Gasteiger partial charge in [0.25, 0.3) is 0 Å². The van der Waals surface area contributed by atoms with Crippen LogP contribution in [0.1, 0.15) is 26.5 Å². The normalized spacial score (nSPS) is 16.4. The fourth-order valence-corrected chi connectivity index (χ4v) is 3.50. The molecule has 3 rings (SSSR count). The second-order valence-electron chi connectivity index (χ2n) is 5.28. The fraction of sp³-hybridized carbons (Fsp3) is 0.176. The van der Waals surface area contributed by atoms with Crippen molar-refractivity contribution in [2.75, 3.05) is 0 Å². The fourth-order valence-electron chi connectivity index (χ4n) is 2.72. The van der Waals surface area contributed by atoms with Crippen LogP contribution in [0.5, 0.6) is 0 Å². The van der Waals surface area contributed by atoms with E-state index in [0.29, 0.717) is 5.57 Å². The van der Waals surface area contributed by atoms with Crippen molar-refractivity contribution in [1.29, 1.82) is 0 Å². The van der Waals surface area contributed by atoms with Gasteiger partial charge in [-0.1, -0.05) is 0 Å². The van der Waals surface area contributed by atoms with Gasteiger partial charge in [-0.2, -0.15) is 0 Å². The molecule has 0 fully saturated rings. The first-order valence-electron chi connectivity index (χ1n) is 6.79. The number of allylic oxidation sites excluding steroid dienone is 1. The molecule has 0 radical (unpaired) electrons. The van der Waals surface area contributed by atoms with Gasteiger partial charge in [-0.3, -0.25) is 0 Å². The van der Waals surface area contributed by atoms with Gasteiger partial charge in [0.1, 0.15) is 0 Å². The first kappa shape index (κ1) is 22.2. The number of alkyl halides is 5. The number of hydrogen-bond acceptors (Lipinski definition) is 0. The van der Waals surface area contributed by atoms with Gasteiger partial charge in [-0.15, -0.1) is 0 Å². The van der Waals surface area contributed by atoms with Gasteiger partial charge < -0.3 is 24.8 Å². The predicted octanol–water partition coefficient (Wildman–Crippen LogP) is -0.509. The molecule has 0 aliphatic heterocycles. The number of halogens is 7. The third-order valence-corrected chi connectivity index (χ3v) is 4.83. The summed E-state index contributed by atoms with van der Waals surface area (Å²) in [6.45, 7) is 0. The van der Waals surface area contributed by atoms with Gasteiger partial charge in [-0.25, -0.2) is 0 Å². The predicted molar refractivity (Wildman–Crippen MR) is 73.4 cm³/mol.